The smallest absolute Gasteiger partial charge is 0.340 e. The van der Waals surface area contributed by atoms with Crippen molar-refractivity contribution in [3.8, 4) is 5.75 Å². The van der Waals surface area contributed by atoms with Crippen LogP contribution in [0.2, 0.25) is 0 Å². The molecule has 0 fully saturated rings. The molecule has 0 aliphatic heterocycles. The molecule has 21 heavy (non-hydrogen) atoms. The van der Waals surface area contributed by atoms with Gasteiger partial charge in [-0.1, -0.05) is 0 Å². The van der Waals surface area contributed by atoms with Crippen LogP contribution in [0.1, 0.15) is 0 Å². The second-order valence-corrected chi connectivity index (χ2v) is 5.17. The summed E-state index contributed by atoms with van der Waals surface area (Å²) in [4.78, 5) is 2.82. The summed E-state index contributed by atoms with van der Waals surface area (Å²) < 4.78 is 92.7. The Morgan fingerprint density at radius 1 is 0.905 bits per heavy atom. The van der Waals surface area contributed by atoms with E-state index in [0.717, 1.165) is 12.3 Å². The molecule has 1 heterocycles. The van der Waals surface area contributed by atoms with Gasteiger partial charge in [-0.25, -0.2) is 13.2 Å². The molecular weight excluding hydrogens is 321 g/mol. The number of aromatic nitrogens is 1. The van der Waals surface area contributed by atoms with Crippen LogP contribution in [-0.4, -0.2) is 13.4 Å². The molecule has 2 aromatic rings. The Hall–Kier alpha value is -2.23. The highest BCUT2D eigenvalue weighted by Gasteiger charge is 2.30. The standard InChI is InChI=1S/C11H4F5NO3S/c12-6-7(13)9(15)11(10(16)8(6)14)20-21(18,19)5-2-1-3-17-4-5/h1-4H. The van der Waals surface area contributed by atoms with E-state index < -0.39 is 49.8 Å². The van der Waals surface area contributed by atoms with Gasteiger partial charge in [0, 0.05) is 12.4 Å². The number of hydrogen-bond acceptors (Lipinski definition) is 4. The van der Waals surface area contributed by atoms with Crippen molar-refractivity contribution in [2.75, 3.05) is 0 Å². The number of halogens is 5. The molecule has 4 nitrogen and oxygen atoms in total. The number of benzene rings is 1. The molecule has 0 radical (unpaired) electrons. The zero-order chi connectivity index (χ0) is 15.8. The molecule has 0 amide bonds. The Balaban J connectivity index is 2.55. The Bertz CT molecular complexity index is 766. The van der Waals surface area contributed by atoms with E-state index in [1.54, 1.807) is 0 Å². The molecule has 0 saturated carbocycles. The fourth-order valence-corrected chi connectivity index (χ4v) is 2.21. The van der Waals surface area contributed by atoms with Crippen LogP contribution < -0.4 is 4.18 Å². The molecule has 0 aliphatic rings. The first-order valence-electron chi connectivity index (χ1n) is 5.11. The Kier molecular flexibility index (Phi) is 3.81. The van der Waals surface area contributed by atoms with E-state index in [-0.39, 0.29) is 0 Å². The fraction of sp³-hybridized carbons (Fsp3) is 0. The average molecular weight is 325 g/mol. The second-order valence-electron chi connectivity index (χ2n) is 3.63. The van der Waals surface area contributed by atoms with Crippen molar-refractivity contribution in [1.82, 2.24) is 4.98 Å². The Morgan fingerprint density at radius 2 is 1.43 bits per heavy atom. The summed E-state index contributed by atoms with van der Waals surface area (Å²) in [5, 5.41) is 0. The summed E-state index contributed by atoms with van der Waals surface area (Å²) >= 11 is 0. The zero-order valence-corrected chi connectivity index (χ0v) is 10.6. The number of pyridine rings is 1. The van der Waals surface area contributed by atoms with E-state index in [0.29, 0.717) is 0 Å². The zero-order valence-electron chi connectivity index (χ0n) is 9.78. The van der Waals surface area contributed by atoms with Crippen LogP contribution >= 0.6 is 0 Å². The number of nitrogens with zero attached hydrogens (tertiary/aromatic N) is 1. The summed E-state index contributed by atoms with van der Waals surface area (Å²) in [5.41, 5.74) is 0. The van der Waals surface area contributed by atoms with Crippen molar-refractivity contribution in [3.63, 3.8) is 0 Å². The fourth-order valence-electron chi connectivity index (χ4n) is 1.31. The van der Waals surface area contributed by atoms with Crippen molar-refractivity contribution in [3.05, 3.63) is 53.6 Å². The molecule has 1 aromatic carbocycles. The minimum Gasteiger partial charge on any atom is -0.372 e. The van der Waals surface area contributed by atoms with Gasteiger partial charge in [0.15, 0.2) is 0 Å². The second kappa shape index (κ2) is 5.28. The van der Waals surface area contributed by atoms with Gasteiger partial charge in [0.1, 0.15) is 4.90 Å². The van der Waals surface area contributed by atoms with Crippen molar-refractivity contribution >= 4 is 10.1 Å². The Labute approximate surface area is 114 Å². The molecule has 0 unspecified atom stereocenters. The monoisotopic (exact) mass is 325 g/mol. The van der Waals surface area contributed by atoms with Crippen molar-refractivity contribution in [2.45, 2.75) is 4.90 Å². The summed E-state index contributed by atoms with van der Waals surface area (Å²) in [5.74, 6) is -13.7. The lowest BCUT2D eigenvalue weighted by molar-refractivity contribution is 0.346. The first-order chi connectivity index (χ1) is 9.75. The lowest BCUT2D eigenvalue weighted by Gasteiger charge is -2.10. The third-order valence-electron chi connectivity index (χ3n) is 2.29. The highest BCUT2D eigenvalue weighted by atomic mass is 32.2. The van der Waals surface area contributed by atoms with Gasteiger partial charge >= 0.3 is 10.1 Å². The third kappa shape index (κ3) is 2.66. The molecule has 0 atom stereocenters. The first-order valence-corrected chi connectivity index (χ1v) is 6.52. The third-order valence-corrected chi connectivity index (χ3v) is 3.49. The molecule has 10 heteroatoms. The maximum atomic E-state index is 13.3. The van der Waals surface area contributed by atoms with Gasteiger partial charge in [0.05, 0.1) is 0 Å². The molecular formula is C11H4F5NO3S. The van der Waals surface area contributed by atoms with Gasteiger partial charge in [-0.15, -0.1) is 0 Å². The summed E-state index contributed by atoms with van der Waals surface area (Å²) in [6.45, 7) is 0. The SMILES string of the molecule is O=S(=O)(Oc1c(F)c(F)c(F)c(F)c1F)c1cccnc1. The van der Waals surface area contributed by atoms with Gasteiger partial charge in [0.2, 0.25) is 34.8 Å². The molecule has 0 aliphatic carbocycles. The molecule has 1 aromatic heterocycles. The predicted molar refractivity (Wildman–Crippen MR) is 58.3 cm³/mol. The van der Waals surface area contributed by atoms with Gasteiger partial charge in [-0.05, 0) is 12.1 Å². The van der Waals surface area contributed by atoms with Gasteiger partial charge in [-0.2, -0.15) is 17.2 Å². The summed E-state index contributed by atoms with van der Waals surface area (Å²) in [6, 6.07) is 2.14. The van der Waals surface area contributed by atoms with Crippen LogP contribution in [0.3, 0.4) is 0 Å². The van der Waals surface area contributed by atoms with Crippen LogP contribution in [0.15, 0.2) is 29.4 Å². The van der Waals surface area contributed by atoms with E-state index in [1.165, 1.54) is 12.3 Å². The average Bonchev–Trinajstić information content (AvgIpc) is 2.48. The van der Waals surface area contributed by atoms with Crippen molar-refractivity contribution < 1.29 is 34.6 Å². The topological polar surface area (TPSA) is 56.3 Å². The Morgan fingerprint density at radius 3 is 1.90 bits per heavy atom. The highest BCUT2D eigenvalue weighted by Crippen LogP contribution is 2.31. The summed E-state index contributed by atoms with van der Waals surface area (Å²) in [7, 11) is -4.80. The number of hydrogen-bond donors (Lipinski definition) is 0. The van der Waals surface area contributed by atoms with Crippen molar-refractivity contribution in [1.29, 1.82) is 0 Å². The van der Waals surface area contributed by atoms with Crippen LogP contribution in [0.25, 0.3) is 0 Å². The van der Waals surface area contributed by atoms with Crippen LogP contribution in [-0.2, 0) is 10.1 Å². The normalized spacial score (nSPS) is 11.5. The van der Waals surface area contributed by atoms with Gasteiger partial charge in [-0.3, -0.25) is 4.98 Å². The first kappa shape index (κ1) is 15.2. The maximum absolute atomic E-state index is 13.3. The molecule has 2 rings (SSSR count). The van der Waals surface area contributed by atoms with E-state index in [2.05, 4.69) is 9.17 Å². The minimum absolute atomic E-state index is 0.617. The van der Waals surface area contributed by atoms with Crippen LogP contribution in [0.4, 0.5) is 22.0 Å². The van der Waals surface area contributed by atoms with Gasteiger partial charge in [0.25, 0.3) is 0 Å². The molecule has 0 saturated heterocycles. The van der Waals surface area contributed by atoms with Crippen LogP contribution in [0, 0.1) is 29.1 Å². The lowest BCUT2D eigenvalue weighted by atomic mass is 10.3. The predicted octanol–water partition coefficient (Wildman–Crippen LogP) is 2.54. The minimum atomic E-state index is -4.80. The van der Waals surface area contributed by atoms with Crippen LogP contribution in [0.5, 0.6) is 5.75 Å². The summed E-state index contributed by atoms with van der Waals surface area (Å²) in [6.07, 6.45) is 1.98. The molecule has 112 valence electrons. The largest absolute Gasteiger partial charge is 0.372 e. The van der Waals surface area contributed by atoms with E-state index in [1.807, 2.05) is 0 Å². The molecule has 0 N–H and O–H groups in total. The molecule has 0 spiro atoms. The van der Waals surface area contributed by atoms with E-state index >= 15 is 0 Å². The van der Waals surface area contributed by atoms with Crippen molar-refractivity contribution in [2.24, 2.45) is 0 Å². The van der Waals surface area contributed by atoms with E-state index in [4.69, 9.17) is 0 Å². The number of rotatable bonds is 3. The van der Waals surface area contributed by atoms with E-state index in [9.17, 15) is 30.4 Å². The highest BCUT2D eigenvalue weighted by molar-refractivity contribution is 7.87. The van der Waals surface area contributed by atoms with Gasteiger partial charge < -0.3 is 4.18 Å². The molecule has 0 bridgehead atoms. The lowest BCUT2D eigenvalue weighted by Crippen LogP contribution is -2.14. The maximum Gasteiger partial charge on any atom is 0.340 e. The quantitative estimate of drug-likeness (QED) is 0.377.